The molecular formula is C28H30ClN3O2. The molecule has 6 heteroatoms. The van der Waals surface area contributed by atoms with E-state index in [2.05, 4.69) is 53.8 Å². The molecule has 176 valence electrons. The Morgan fingerprint density at radius 1 is 1.09 bits per heavy atom. The Bertz CT molecular complexity index is 1260. The van der Waals surface area contributed by atoms with Crippen LogP contribution in [-0.2, 0) is 6.42 Å². The summed E-state index contributed by atoms with van der Waals surface area (Å²) in [6.07, 6.45) is 8.49. The van der Waals surface area contributed by atoms with Gasteiger partial charge in [-0.1, -0.05) is 49.2 Å². The highest BCUT2D eigenvalue weighted by molar-refractivity contribution is 6.32. The van der Waals surface area contributed by atoms with Crippen molar-refractivity contribution >= 4 is 23.2 Å². The Hall–Kier alpha value is -3.31. The van der Waals surface area contributed by atoms with Gasteiger partial charge in [0.05, 0.1) is 11.1 Å². The fourth-order valence-electron chi connectivity index (χ4n) is 4.04. The average molecular weight is 476 g/mol. The van der Waals surface area contributed by atoms with Crippen LogP contribution in [0.25, 0.3) is 16.8 Å². The Kier molecular flexibility index (Phi) is 7.53. The van der Waals surface area contributed by atoms with E-state index in [4.69, 9.17) is 16.3 Å². The highest BCUT2D eigenvalue weighted by Crippen LogP contribution is 2.27. The second-order valence-electron chi connectivity index (χ2n) is 8.78. The molecule has 0 fully saturated rings. The number of hydrogen-bond acceptors (Lipinski definition) is 3. The summed E-state index contributed by atoms with van der Waals surface area (Å²) in [7, 11) is 0. The van der Waals surface area contributed by atoms with Crippen LogP contribution in [0.4, 0.5) is 0 Å². The third kappa shape index (κ3) is 5.78. The fraction of sp³-hybridized carbons (Fsp3) is 0.286. The topological polar surface area (TPSA) is 55.6 Å². The van der Waals surface area contributed by atoms with Gasteiger partial charge in [0.15, 0.2) is 0 Å². The molecule has 5 nitrogen and oxygen atoms in total. The fourth-order valence-corrected chi connectivity index (χ4v) is 4.27. The first-order valence-corrected chi connectivity index (χ1v) is 12.1. The maximum absolute atomic E-state index is 12.9. The number of nitrogens with zero attached hydrogens (tertiary/aromatic N) is 2. The summed E-state index contributed by atoms with van der Waals surface area (Å²) in [5.74, 6) is 0.465. The lowest BCUT2D eigenvalue weighted by Gasteiger charge is -2.19. The van der Waals surface area contributed by atoms with Crippen LogP contribution in [-0.4, -0.2) is 27.4 Å². The second kappa shape index (κ2) is 10.7. The molecule has 2 aromatic heterocycles. The molecule has 1 amide bonds. The normalized spacial score (nSPS) is 12.1. The number of imidazole rings is 1. The molecule has 0 spiro atoms. The first kappa shape index (κ1) is 23.8. The molecule has 0 aliphatic heterocycles. The van der Waals surface area contributed by atoms with Crippen LogP contribution in [0.5, 0.6) is 5.75 Å². The third-order valence-electron chi connectivity index (χ3n) is 5.69. The van der Waals surface area contributed by atoms with Gasteiger partial charge >= 0.3 is 0 Å². The largest absolute Gasteiger partial charge is 0.489 e. The number of pyridine rings is 1. The van der Waals surface area contributed by atoms with Crippen molar-refractivity contribution in [2.45, 2.75) is 52.2 Å². The number of halogens is 1. The van der Waals surface area contributed by atoms with E-state index in [-0.39, 0.29) is 18.1 Å². The van der Waals surface area contributed by atoms with Crippen LogP contribution in [0, 0.1) is 0 Å². The van der Waals surface area contributed by atoms with Gasteiger partial charge in [0.2, 0.25) is 0 Å². The lowest BCUT2D eigenvalue weighted by atomic mass is 9.99. The first-order chi connectivity index (χ1) is 16.4. The molecule has 0 aliphatic carbocycles. The third-order valence-corrected chi connectivity index (χ3v) is 5.98. The number of ether oxygens (including phenoxy) is 1. The van der Waals surface area contributed by atoms with Gasteiger partial charge < -0.3 is 14.5 Å². The number of hydrogen-bond donors (Lipinski definition) is 1. The molecule has 4 rings (SSSR count). The molecule has 0 radical (unpaired) electrons. The Balaban J connectivity index is 1.43. The van der Waals surface area contributed by atoms with Crippen molar-refractivity contribution in [1.82, 2.24) is 14.7 Å². The predicted octanol–water partition coefficient (Wildman–Crippen LogP) is 6.58. The summed E-state index contributed by atoms with van der Waals surface area (Å²) >= 11 is 6.33. The maximum Gasteiger partial charge on any atom is 0.251 e. The van der Waals surface area contributed by atoms with E-state index in [9.17, 15) is 4.79 Å². The Labute approximate surface area is 205 Å². The van der Waals surface area contributed by atoms with Crippen LogP contribution in [0.3, 0.4) is 0 Å². The van der Waals surface area contributed by atoms with E-state index < -0.39 is 0 Å². The highest BCUT2D eigenvalue weighted by Gasteiger charge is 2.16. The Morgan fingerprint density at radius 3 is 2.56 bits per heavy atom. The molecule has 0 saturated carbocycles. The van der Waals surface area contributed by atoms with E-state index in [1.54, 1.807) is 24.4 Å². The lowest BCUT2D eigenvalue weighted by Crippen LogP contribution is -2.36. The van der Waals surface area contributed by atoms with E-state index >= 15 is 0 Å². The van der Waals surface area contributed by atoms with E-state index in [1.807, 2.05) is 30.5 Å². The molecule has 2 aromatic carbocycles. The average Bonchev–Trinajstić information content (AvgIpc) is 3.29. The maximum atomic E-state index is 12.9. The van der Waals surface area contributed by atoms with E-state index in [0.717, 1.165) is 36.0 Å². The van der Waals surface area contributed by atoms with Crippen molar-refractivity contribution in [2.75, 3.05) is 0 Å². The summed E-state index contributed by atoms with van der Waals surface area (Å²) in [6.45, 7) is 6.01. The Morgan fingerprint density at radius 2 is 1.85 bits per heavy atom. The molecule has 4 aromatic rings. The number of fused-ring (bicyclic) bond motifs is 1. The predicted molar refractivity (Wildman–Crippen MR) is 138 cm³/mol. The molecular weight excluding hydrogens is 446 g/mol. The number of carbonyl (C=O) groups excluding carboxylic acids is 1. The standard InChI is InChI=1S/C28H30ClN3O2/c1-4-5-24(31-28(33)22-10-12-26(25(29)17-22)34-19(2)3)16-20-6-8-21(9-7-20)23-11-13-27-30-14-15-32(27)18-23/h6-15,17-19,24H,4-5,16H2,1-3H3,(H,31,33)/t24-/m1/s1. The highest BCUT2D eigenvalue weighted by atomic mass is 35.5. The molecule has 1 atom stereocenters. The van der Waals surface area contributed by atoms with Gasteiger partial charge in [-0.2, -0.15) is 0 Å². The molecule has 0 bridgehead atoms. The zero-order valence-electron chi connectivity index (χ0n) is 19.8. The van der Waals surface area contributed by atoms with Gasteiger partial charge in [0.25, 0.3) is 5.91 Å². The van der Waals surface area contributed by atoms with Crippen LogP contribution < -0.4 is 10.1 Å². The first-order valence-electron chi connectivity index (χ1n) is 11.7. The number of carbonyl (C=O) groups is 1. The van der Waals surface area contributed by atoms with Crippen molar-refractivity contribution in [2.24, 2.45) is 0 Å². The van der Waals surface area contributed by atoms with Crippen LogP contribution in [0.15, 0.2) is 73.2 Å². The number of rotatable bonds is 9. The van der Waals surface area contributed by atoms with Gasteiger partial charge in [-0.05, 0) is 73.7 Å². The smallest absolute Gasteiger partial charge is 0.251 e. The van der Waals surface area contributed by atoms with Crippen molar-refractivity contribution < 1.29 is 9.53 Å². The minimum atomic E-state index is -0.123. The number of benzene rings is 2. The van der Waals surface area contributed by atoms with Gasteiger partial charge in [-0.3, -0.25) is 4.79 Å². The second-order valence-corrected chi connectivity index (χ2v) is 9.19. The van der Waals surface area contributed by atoms with Crippen LogP contribution in [0.2, 0.25) is 5.02 Å². The minimum Gasteiger partial charge on any atom is -0.489 e. The number of nitrogens with one attached hydrogen (secondary N) is 1. The molecule has 0 aliphatic rings. The zero-order chi connectivity index (χ0) is 24.1. The molecule has 1 N–H and O–H groups in total. The van der Waals surface area contributed by atoms with Crippen LogP contribution >= 0.6 is 11.6 Å². The van der Waals surface area contributed by atoms with Crippen molar-refractivity contribution in [1.29, 1.82) is 0 Å². The van der Waals surface area contributed by atoms with Gasteiger partial charge in [-0.25, -0.2) is 4.98 Å². The SMILES string of the molecule is CCC[C@H](Cc1ccc(-c2ccc3nccn3c2)cc1)NC(=O)c1ccc(OC(C)C)c(Cl)c1. The van der Waals surface area contributed by atoms with E-state index in [0.29, 0.717) is 16.3 Å². The molecule has 34 heavy (non-hydrogen) atoms. The lowest BCUT2D eigenvalue weighted by molar-refractivity contribution is 0.0934. The summed E-state index contributed by atoms with van der Waals surface area (Å²) in [6, 6.07) is 17.9. The number of aromatic nitrogens is 2. The van der Waals surface area contributed by atoms with E-state index in [1.165, 1.54) is 5.56 Å². The van der Waals surface area contributed by atoms with Crippen molar-refractivity contribution in [3.8, 4) is 16.9 Å². The summed E-state index contributed by atoms with van der Waals surface area (Å²) in [4.78, 5) is 17.2. The minimum absolute atomic E-state index is 0.0197. The van der Waals surface area contributed by atoms with Crippen molar-refractivity contribution in [3.05, 3.63) is 89.3 Å². The number of amides is 1. The van der Waals surface area contributed by atoms with Gasteiger partial charge in [-0.15, -0.1) is 0 Å². The quantitative estimate of drug-likeness (QED) is 0.297. The van der Waals surface area contributed by atoms with Gasteiger partial charge in [0, 0.05) is 30.2 Å². The van der Waals surface area contributed by atoms with Gasteiger partial charge in [0.1, 0.15) is 11.4 Å². The molecule has 0 saturated heterocycles. The summed E-state index contributed by atoms with van der Waals surface area (Å²) < 4.78 is 7.69. The molecule has 0 unspecified atom stereocenters. The monoisotopic (exact) mass is 475 g/mol. The molecule has 2 heterocycles. The summed E-state index contributed by atoms with van der Waals surface area (Å²) in [5, 5.41) is 3.63. The zero-order valence-corrected chi connectivity index (χ0v) is 20.5. The van der Waals surface area contributed by atoms with Crippen molar-refractivity contribution in [3.63, 3.8) is 0 Å². The summed E-state index contributed by atoms with van der Waals surface area (Å²) in [5.41, 5.74) is 4.94. The van der Waals surface area contributed by atoms with Crippen LogP contribution in [0.1, 0.15) is 49.5 Å².